The Balaban J connectivity index is 1.99. The predicted molar refractivity (Wildman–Crippen MR) is 49.2 cm³/mol. The molecule has 1 fully saturated rings. The Hall–Kier alpha value is -1.36. The molecule has 70 valence electrons. The number of nitrogens with two attached hydrogens (primary N) is 1. The molecular formula is C8H12N4O. The van der Waals surface area contributed by atoms with Gasteiger partial charge in [-0.25, -0.2) is 0 Å². The van der Waals surface area contributed by atoms with Crippen LogP contribution in [0.15, 0.2) is 12.1 Å². The van der Waals surface area contributed by atoms with Gasteiger partial charge in [-0.1, -0.05) is 0 Å². The van der Waals surface area contributed by atoms with Crippen LogP contribution in [0.2, 0.25) is 0 Å². The Morgan fingerprint density at radius 2 is 2.23 bits per heavy atom. The number of aromatic nitrogens is 2. The maximum atomic E-state index is 8.81. The summed E-state index contributed by atoms with van der Waals surface area (Å²) in [5.74, 6) is 1.65. The maximum absolute atomic E-state index is 8.81. The van der Waals surface area contributed by atoms with E-state index in [9.17, 15) is 0 Å². The molecule has 0 atom stereocenters. The molecule has 0 aromatic carbocycles. The van der Waals surface area contributed by atoms with Crippen molar-refractivity contribution in [3.8, 4) is 0 Å². The molecule has 0 saturated carbocycles. The fraction of sp³-hybridized carbons (Fsp3) is 0.500. The highest BCUT2D eigenvalue weighted by atomic mass is 16.3. The molecule has 5 heteroatoms. The third kappa shape index (κ3) is 1.55. The molecule has 2 rings (SSSR count). The van der Waals surface area contributed by atoms with Crippen molar-refractivity contribution in [2.75, 3.05) is 30.3 Å². The molecule has 13 heavy (non-hydrogen) atoms. The van der Waals surface area contributed by atoms with Gasteiger partial charge >= 0.3 is 0 Å². The minimum absolute atomic E-state index is 0.249. The van der Waals surface area contributed by atoms with Gasteiger partial charge in [-0.3, -0.25) is 0 Å². The van der Waals surface area contributed by atoms with E-state index in [1.165, 1.54) is 0 Å². The van der Waals surface area contributed by atoms with Gasteiger partial charge in [-0.2, -0.15) is 0 Å². The molecule has 1 aromatic heterocycles. The fourth-order valence-corrected chi connectivity index (χ4v) is 1.38. The van der Waals surface area contributed by atoms with E-state index in [4.69, 9.17) is 10.8 Å². The average molecular weight is 180 g/mol. The van der Waals surface area contributed by atoms with E-state index in [0.29, 0.717) is 11.7 Å². The number of aliphatic hydroxyl groups excluding tert-OH is 1. The van der Waals surface area contributed by atoms with Gasteiger partial charge in [0.25, 0.3) is 0 Å². The third-order valence-electron chi connectivity index (χ3n) is 2.21. The lowest BCUT2D eigenvalue weighted by molar-refractivity contribution is 0.200. The van der Waals surface area contributed by atoms with Crippen LogP contribution in [0, 0.1) is 5.92 Å². The second kappa shape index (κ2) is 3.18. The van der Waals surface area contributed by atoms with Crippen LogP contribution in [0.1, 0.15) is 0 Å². The summed E-state index contributed by atoms with van der Waals surface area (Å²) in [5.41, 5.74) is 5.41. The van der Waals surface area contributed by atoms with Gasteiger partial charge in [-0.05, 0) is 12.1 Å². The summed E-state index contributed by atoms with van der Waals surface area (Å²) in [5, 5.41) is 16.5. The maximum Gasteiger partial charge on any atom is 0.151 e. The van der Waals surface area contributed by atoms with E-state index < -0.39 is 0 Å². The zero-order chi connectivity index (χ0) is 9.26. The quantitative estimate of drug-likeness (QED) is 0.641. The highest BCUT2D eigenvalue weighted by Crippen LogP contribution is 2.21. The monoisotopic (exact) mass is 180 g/mol. The van der Waals surface area contributed by atoms with Crippen LogP contribution in [0.25, 0.3) is 0 Å². The third-order valence-corrected chi connectivity index (χ3v) is 2.21. The lowest BCUT2D eigenvalue weighted by atomic mass is 10.0. The second-order valence-corrected chi connectivity index (χ2v) is 3.27. The molecule has 0 aliphatic carbocycles. The van der Waals surface area contributed by atoms with Crippen molar-refractivity contribution in [3.63, 3.8) is 0 Å². The number of nitrogen functional groups attached to an aromatic ring is 1. The molecule has 1 saturated heterocycles. The number of rotatable bonds is 2. The van der Waals surface area contributed by atoms with E-state index in [1.54, 1.807) is 6.07 Å². The zero-order valence-electron chi connectivity index (χ0n) is 7.22. The zero-order valence-corrected chi connectivity index (χ0v) is 7.22. The Bertz CT molecular complexity index is 281. The number of hydrogen-bond donors (Lipinski definition) is 2. The van der Waals surface area contributed by atoms with Gasteiger partial charge in [0.05, 0.1) is 0 Å². The van der Waals surface area contributed by atoms with E-state index in [1.807, 2.05) is 6.07 Å². The first kappa shape index (κ1) is 8.25. The average Bonchev–Trinajstić information content (AvgIpc) is 2.06. The molecule has 5 nitrogen and oxygen atoms in total. The molecule has 0 amide bonds. The first-order valence-electron chi connectivity index (χ1n) is 4.24. The smallest absolute Gasteiger partial charge is 0.151 e. The highest BCUT2D eigenvalue weighted by Gasteiger charge is 2.26. The van der Waals surface area contributed by atoms with Gasteiger partial charge in [-0.15, -0.1) is 10.2 Å². The van der Waals surface area contributed by atoms with Crippen molar-refractivity contribution in [2.45, 2.75) is 0 Å². The summed E-state index contributed by atoms with van der Waals surface area (Å²) in [6, 6.07) is 3.57. The summed E-state index contributed by atoms with van der Waals surface area (Å²) in [6.07, 6.45) is 0. The van der Waals surface area contributed by atoms with Gasteiger partial charge in [0, 0.05) is 25.6 Å². The van der Waals surface area contributed by atoms with E-state index in [-0.39, 0.29) is 6.61 Å². The Morgan fingerprint density at radius 1 is 1.46 bits per heavy atom. The predicted octanol–water partition coefficient (Wildman–Crippen LogP) is -0.513. The van der Waals surface area contributed by atoms with Crippen molar-refractivity contribution in [1.82, 2.24) is 10.2 Å². The minimum Gasteiger partial charge on any atom is -0.396 e. The van der Waals surface area contributed by atoms with Crippen LogP contribution < -0.4 is 10.6 Å². The summed E-state index contributed by atoms with van der Waals surface area (Å²) in [6.45, 7) is 1.96. The van der Waals surface area contributed by atoms with Crippen molar-refractivity contribution < 1.29 is 5.11 Å². The number of hydrogen-bond acceptors (Lipinski definition) is 5. The normalized spacial score (nSPS) is 17.2. The number of anilines is 2. The highest BCUT2D eigenvalue weighted by molar-refractivity contribution is 5.43. The van der Waals surface area contributed by atoms with Crippen molar-refractivity contribution in [2.24, 2.45) is 5.92 Å². The van der Waals surface area contributed by atoms with Gasteiger partial charge in [0.15, 0.2) is 5.82 Å². The van der Waals surface area contributed by atoms with E-state index >= 15 is 0 Å². The first-order valence-corrected chi connectivity index (χ1v) is 4.24. The van der Waals surface area contributed by atoms with Crippen molar-refractivity contribution in [1.29, 1.82) is 0 Å². The van der Waals surface area contributed by atoms with E-state index in [2.05, 4.69) is 15.1 Å². The number of aliphatic hydroxyl groups is 1. The lowest BCUT2D eigenvalue weighted by Gasteiger charge is -2.38. The molecule has 0 spiro atoms. The molecule has 1 aliphatic heterocycles. The first-order chi connectivity index (χ1) is 6.29. The molecule has 1 aliphatic rings. The van der Waals surface area contributed by atoms with Crippen LogP contribution in [0.3, 0.4) is 0 Å². The van der Waals surface area contributed by atoms with Gasteiger partial charge in [0.2, 0.25) is 0 Å². The van der Waals surface area contributed by atoms with Crippen LogP contribution >= 0.6 is 0 Å². The summed E-state index contributed by atoms with van der Waals surface area (Å²) in [7, 11) is 0. The summed E-state index contributed by atoms with van der Waals surface area (Å²) >= 11 is 0. The minimum atomic E-state index is 0.249. The topological polar surface area (TPSA) is 75.3 Å². The van der Waals surface area contributed by atoms with Gasteiger partial charge in [0.1, 0.15) is 5.82 Å². The van der Waals surface area contributed by atoms with Crippen molar-refractivity contribution in [3.05, 3.63) is 12.1 Å². The number of nitrogens with zero attached hydrogens (tertiary/aromatic N) is 3. The van der Waals surface area contributed by atoms with Crippen LogP contribution in [0.5, 0.6) is 0 Å². The Labute approximate surface area is 76.2 Å². The lowest BCUT2D eigenvalue weighted by Crippen LogP contribution is -2.48. The Kier molecular flexibility index (Phi) is 2.02. The molecule has 0 bridgehead atoms. The molecule has 0 unspecified atom stereocenters. The largest absolute Gasteiger partial charge is 0.396 e. The molecule has 3 N–H and O–H groups in total. The SMILES string of the molecule is Nc1ccc(N2CC(CO)C2)nn1. The standard InChI is InChI=1S/C8H12N4O/c9-7-1-2-8(11-10-7)12-3-6(4-12)5-13/h1-2,6,13H,3-5H2,(H2,9,10). The Morgan fingerprint density at radius 3 is 2.77 bits per heavy atom. The molecule has 2 heterocycles. The van der Waals surface area contributed by atoms with Gasteiger partial charge < -0.3 is 15.7 Å². The van der Waals surface area contributed by atoms with Crippen LogP contribution in [-0.2, 0) is 0 Å². The summed E-state index contributed by atoms with van der Waals surface area (Å²) in [4.78, 5) is 2.06. The molecular weight excluding hydrogens is 168 g/mol. The summed E-state index contributed by atoms with van der Waals surface area (Å²) < 4.78 is 0. The van der Waals surface area contributed by atoms with E-state index in [0.717, 1.165) is 18.9 Å². The molecule has 0 radical (unpaired) electrons. The second-order valence-electron chi connectivity index (χ2n) is 3.27. The molecule has 1 aromatic rings. The fourth-order valence-electron chi connectivity index (χ4n) is 1.38. The van der Waals surface area contributed by atoms with Crippen molar-refractivity contribution >= 4 is 11.6 Å². The van der Waals surface area contributed by atoms with Crippen LogP contribution in [-0.4, -0.2) is 35.0 Å². The van der Waals surface area contributed by atoms with Crippen LogP contribution in [0.4, 0.5) is 11.6 Å².